The van der Waals surface area contributed by atoms with Crippen LogP contribution in [0.4, 0.5) is 0 Å². The number of nitrogens with one attached hydrogen (secondary N) is 1. The summed E-state index contributed by atoms with van der Waals surface area (Å²) in [6, 6.07) is 16.7. The van der Waals surface area contributed by atoms with Crippen molar-refractivity contribution >= 4 is 17.7 Å². The van der Waals surface area contributed by atoms with Gasteiger partial charge in [-0.1, -0.05) is 59.8 Å². The summed E-state index contributed by atoms with van der Waals surface area (Å²) in [5.74, 6) is 0.868. The normalized spacial score (nSPS) is 12.2. The molecule has 6 heteroatoms. The van der Waals surface area contributed by atoms with Crippen molar-refractivity contribution in [1.82, 2.24) is 20.1 Å². The Kier molecular flexibility index (Phi) is 6.75. The number of carbonyl (C=O) groups excluding carboxylic acids is 1. The van der Waals surface area contributed by atoms with Crippen molar-refractivity contribution < 1.29 is 4.79 Å². The van der Waals surface area contributed by atoms with Gasteiger partial charge in [0.25, 0.3) is 0 Å². The molecule has 1 atom stereocenters. The summed E-state index contributed by atoms with van der Waals surface area (Å²) in [5.41, 5.74) is 4.58. The van der Waals surface area contributed by atoms with Crippen LogP contribution in [0.25, 0.3) is 5.69 Å². The van der Waals surface area contributed by atoms with Crippen molar-refractivity contribution in [2.24, 2.45) is 0 Å². The van der Waals surface area contributed by atoms with Gasteiger partial charge in [-0.25, -0.2) is 0 Å². The monoisotopic (exact) mass is 408 g/mol. The van der Waals surface area contributed by atoms with Crippen LogP contribution >= 0.6 is 11.8 Å². The summed E-state index contributed by atoms with van der Waals surface area (Å²) in [7, 11) is 0. The Morgan fingerprint density at radius 2 is 1.79 bits per heavy atom. The molecule has 3 aromatic rings. The molecule has 0 aliphatic carbocycles. The first-order chi connectivity index (χ1) is 13.8. The molecule has 1 amide bonds. The molecule has 1 N–H and O–H groups in total. The number of aryl methyl sites for hydroxylation is 2. The highest BCUT2D eigenvalue weighted by atomic mass is 32.2. The fraction of sp³-hybridized carbons (Fsp3) is 0.348. The van der Waals surface area contributed by atoms with E-state index >= 15 is 0 Å². The van der Waals surface area contributed by atoms with Gasteiger partial charge in [0.1, 0.15) is 5.82 Å². The molecule has 3 rings (SSSR count). The summed E-state index contributed by atoms with van der Waals surface area (Å²) in [6.45, 7) is 10.0. The summed E-state index contributed by atoms with van der Waals surface area (Å²) >= 11 is 1.44. The summed E-state index contributed by atoms with van der Waals surface area (Å²) in [5, 5.41) is 12.4. The summed E-state index contributed by atoms with van der Waals surface area (Å²) in [6.07, 6.45) is 0.675. The zero-order valence-electron chi connectivity index (χ0n) is 17.6. The Bertz CT molecular complexity index is 982. The smallest absolute Gasteiger partial charge is 0.233 e. The molecule has 0 aliphatic rings. The highest BCUT2D eigenvalue weighted by Gasteiger charge is 2.22. The fourth-order valence-corrected chi connectivity index (χ4v) is 4.07. The third-order valence-corrected chi connectivity index (χ3v) is 5.62. The van der Waals surface area contributed by atoms with Gasteiger partial charge in [0.05, 0.1) is 10.9 Å². The van der Waals surface area contributed by atoms with Crippen molar-refractivity contribution in [2.75, 3.05) is 0 Å². The number of amides is 1. The van der Waals surface area contributed by atoms with E-state index in [9.17, 15) is 4.79 Å². The number of carbonyl (C=O) groups is 1. The first-order valence-electron chi connectivity index (χ1n) is 9.88. The van der Waals surface area contributed by atoms with Crippen LogP contribution in [-0.4, -0.2) is 32.0 Å². The van der Waals surface area contributed by atoms with Gasteiger partial charge in [-0.3, -0.25) is 9.36 Å². The van der Waals surface area contributed by atoms with Gasteiger partial charge in [0.2, 0.25) is 5.91 Å². The van der Waals surface area contributed by atoms with Crippen LogP contribution in [0.2, 0.25) is 0 Å². The number of thioether (sulfide) groups is 1. The van der Waals surface area contributed by atoms with Crippen molar-refractivity contribution in [3.05, 3.63) is 71.0 Å². The zero-order chi connectivity index (χ0) is 21.0. The van der Waals surface area contributed by atoms with E-state index < -0.39 is 0 Å². The third kappa shape index (κ3) is 5.26. The van der Waals surface area contributed by atoms with Gasteiger partial charge >= 0.3 is 0 Å². The fourth-order valence-electron chi connectivity index (χ4n) is 3.18. The second-order valence-electron chi connectivity index (χ2n) is 7.61. The number of rotatable bonds is 7. The molecule has 2 aromatic carbocycles. The lowest BCUT2D eigenvalue weighted by molar-refractivity contribution is -0.120. The first kappa shape index (κ1) is 21.1. The molecular formula is C23H28N4OS. The maximum atomic E-state index is 12.4. The van der Waals surface area contributed by atoms with Gasteiger partial charge in [-0.2, -0.15) is 0 Å². The van der Waals surface area contributed by atoms with Crippen molar-refractivity contribution in [3.8, 4) is 5.69 Å². The largest absolute Gasteiger partial charge is 0.353 e. The van der Waals surface area contributed by atoms with Crippen LogP contribution < -0.4 is 5.32 Å². The highest BCUT2D eigenvalue weighted by molar-refractivity contribution is 8.00. The average molecular weight is 409 g/mol. The number of nitrogens with zero attached hydrogens (tertiary/aromatic N) is 3. The number of hydrogen-bond donors (Lipinski definition) is 1. The van der Waals surface area contributed by atoms with Crippen molar-refractivity contribution in [3.63, 3.8) is 0 Å². The van der Waals surface area contributed by atoms with Gasteiger partial charge in [0, 0.05) is 12.5 Å². The van der Waals surface area contributed by atoms with Gasteiger partial charge < -0.3 is 5.32 Å². The molecule has 1 aromatic heterocycles. The van der Waals surface area contributed by atoms with Crippen LogP contribution in [0.3, 0.4) is 0 Å². The maximum absolute atomic E-state index is 12.4. The molecule has 0 saturated carbocycles. The molecular weight excluding hydrogens is 380 g/mol. The maximum Gasteiger partial charge on any atom is 0.233 e. The third-order valence-electron chi connectivity index (χ3n) is 4.58. The first-order valence-corrected chi connectivity index (χ1v) is 10.8. The van der Waals surface area contributed by atoms with Crippen LogP contribution in [-0.2, 0) is 11.2 Å². The molecule has 1 heterocycles. The van der Waals surface area contributed by atoms with E-state index in [0.29, 0.717) is 6.42 Å². The van der Waals surface area contributed by atoms with E-state index in [4.69, 9.17) is 0 Å². The Hall–Kier alpha value is -2.60. The van der Waals surface area contributed by atoms with Gasteiger partial charge in [0.15, 0.2) is 5.16 Å². The quantitative estimate of drug-likeness (QED) is 0.586. The van der Waals surface area contributed by atoms with E-state index in [2.05, 4.69) is 64.3 Å². The minimum atomic E-state index is -0.268. The van der Waals surface area contributed by atoms with E-state index in [1.165, 1.54) is 22.9 Å². The highest BCUT2D eigenvalue weighted by Crippen LogP contribution is 2.28. The van der Waals surface area contributed by atoms with Crippen LogP contribution in [0.5, 0.6) is 0 Å². The Morgan fingerprint density at radius 1 is 1.07 bits per heavy atom. The minimum absolute atomic E-state index is 0.00443. The predicted molar refractivity (Wildman–Crippen MR) is 119 cm³/mol. The zero-order valence-corrected chi connectivity index (χ0v) is 18.5. The molecule has 1 unspecified atom stereocenters. The van der Waals surface area contributed by atoms with E-state index in [0.717, 1.165) is 22.2 Å². The van der Waals surface area contributed by atoms with Gasteiger partial charge in [-0.15, -0.1) is 10.2 Å². The minimum Gasteiger partial charge on any atom is -0.353 e. The number of benzene rings is 2. The summed E-state index contributed by atoms with van der Waals surface area (Å²) < 4.78 is 2.09. The predicted octanol–water partition coefficient (Wildman–Crippen LogP) is 4.48. The lowest BCUT2D eigenvalue weighted by Gasteiger charge is -2.16. The van der Waals surface area contributed by atoms with Crippen LogP contribution in [0.1, 0.15) is 43.3 Å². The van der Waals surface area contributed by atoms with Crippen LogP contribution in [0.15, 0.2) is 53.7 Å². The topological polar surface area (TPSA) is 59.8 Å². The SMILES string of the molecule is Cc1ccc(-n2c(Cc3ccccc3)nnc2SC(C)C(=O)NC(C)C)c(C)c1. The standard InChI is InChI=1S/C23H28N4OS/c1-15(2)24-22(28)18(5)29-23-26-25-21(14-19-9-7-6-8-10-19)27(23)20-12-11-16(3)13-17(20)4/h6-13,15,18H,14H2,1-5H3,(H,24,28). The van der Waals surface area contributed by atoms with E-state index in [1.807, 2.05) is 39.0 Å². The molecule has 29 heavy (non-hydrogen) atoms. The van der Waals surface area contributed by atoms with Crippen LogP contribution in [0, 0.1) is 13.8 Å². The lowest BCUT2D eigenvalue weighted by atomic mass is 10.1. The van der Waals surface area contributed by atoms with Crippen molar-refractivity contribution in [1.29, 1.82) is 0 Å². The second kappa shape index (κ2) is 9.27. The molecule has 0 bridgehead atoms. The van der Waals surface area contributed by atoms with Gasteiger partial charge in [-0.05, 0) is 51.8 Å². The average Bonchev–Trinajstić information content (AvgIpc) is 3.04. The molecule has 0 fully saturated rings. The Morgan fingerprint density at radius 3 is 2.45 bits per heavy atom. The summed E-state index contributed by atoms with van der Waals surface area (Å²) in [4.78, 5) is 12.4. The van der Waals surface area contributed by atoms with Crippen molar-refractivity contribution in [2.45, 2.75) is 57.5 Å². The molecule has 152 valence electrons. The molecule has 0 aliphatic heterocycles. The molecule has 0 spiro atoms. The Balaban J connectivity index is 1.99. The lowest BCUT2D eigenvalue weighted by Crippen LogP contribution is -2.36. The molecule has 0 radical (unpaired) electrons. The van der Waals surface area contributed by atoms with E-state index in [1.54, 1.807) is 0 Å². The molecule has 5 nitrogen and oxygen atoms in total. The molecule has 0 saturated heterocycles. The van der Waals surface area contributed by atoms with E-state index in [-0.39, 0.29) is 17.2 Å². The Labute approximate surface area is 176 Å². The number of aromatic nitrogens is 3. The number of hydrogen-bond acceptors (Lipinski definition) is 4. The second-order valence-corrected chi connectivity index (χ2v) is 8.92.